The Balaban J connectivity index is 3.45. The average molecular weight is 284 g/mol. The second-order valence-electron chi connectivity index (χ2n) is 3.56. The number of halogens is 9. The molecule has 0 bridgehead atoms. The maximum atomic E-state index is 12.4. The molecular formula is C9H5F9. The monoisotopic (exact) mass is 284 g/mol. The molecule has 0 heterocycles. The van der Waals surface area contributed by atoms with E-state index in [1.54, 1.807) is 0 Å². The lowest BCUT2D eigenvalue weighted by Gasteiger charge is -2.29. The van der Waals surface area contributed by atoms with E-state index in [9.17, 15) is 39.5 Å². The van der Waals surface area contributed by atoms with Crippen LogP contribution in [0, 0.1) is 5.92 Å². The third-order valence-electron chi connectivity index (χ3n) is 2.30. The zero-order valence-electron chi connectivity index (χ0n) is 8.34. The molecule has 0 aromatic heterocycles. The Morgan fingerprint density at radius 1 is 0.833 bits per heavy atom. The fourth-order valence-corrected chi connectivity index (χ4v) is 1.61. The van der Waals surface area contributed by atoms with Gasteiger partial charge in [-0.25, -0.2) is 0 Å². The minimum atomic E-state index is -5.68. The molecule has 0 aromatic rings. The fraction of sp³-hybridized carbons (Fsp3) is 0.556. The highest BCUT2D eigenvalue weighted by atomic mass is 19.4. The van der Waals surface area contributed by atoms with Crippen LogP contribution < -0.4 is 0 Å². The lowest BCUT2D eigenvalue weighted by molar-refractivity contribution is -0.189. The first kappa shape index (κ1) is 14.9. The summed E-state index contributed by atoms with van der Waals surface area (Å²) in [6, 6.07) is 0. The van der Waals surface area contributed by atoms with Crippen LogP contribution in [0.15, 0.2) is 23.3 Å². The van der Waals surface area contributed by atoms with Gasteiger partial charge in [-0.05, 0) is 6.42 Å². The van der Waals surface area contributed by atoms with Crippen molar-refractivity contribution < 1.29 is 39.5 Å². The van der Waals surface area contributed by atoms with Gasteiger partial charge < -0.3 is 0 Å². The molecule has 104 valence electrons. The zero-order valence-corrected chi connectivity index (χ0v) is 8.34. The van der Waals surface area contributed by atoms with Gasteiger partial charge in [0.05, 0.1) is 17.1 Å². The van der Waals surface area contributed by atoms with Crippen LogP contribution >= 0.6 is 0 Å². The predicted octanol–water partition coefficient (Wildman–Crippen LogP) is 4.55. The van der Waals surface area contributed by atoms with E-state index in [1.165, 1.54) is 0 Å². The van der Waals surface area contributed by atoms with Gasteiger partial charge in [0, 0.05) is 0 Å². The molecule has 0 aromatic carbocycles. The number of rotatable bonds is 0. The molecule has 0 aliphatic heterocycles. The summed E-state index contributed by atoms with van der Waals surface area (Å²) in [5.41, 5.74) is -4.87. The predicted molar refractivity (Wildman–Crippen MR) is 42.4 cm³/mol. The smallest absolute Gasteiger partial charge is 0.170 e. The number of allylic oxidation sites excluding steroid dienone is 4. The summed E-state index contributed by atoms with van der Waals surface area (Å²) in [5.74, 6) is -3.18. The highest BCUT2D eigenvalue weighted by Gasteiger charge is 2.55. The number of hydrogen-bond donors (Lipinski definition) is 0. The molecule has 0 nitrogen and oxygen atoms in total. The van der Waals surface area contributed by atoms with Gasteiger partial charge in [-0.2, -0.15) is 39.5 Å². The molecule has 18 heavy (non-hydrogen) atoms. The molecule has 0 fully saturated rings. The Hall–Kier alpha value is -1.15. The highest BCUT2D eigenvalue weighted by molar-refractivity contribution is 5.38. The normalized spacial score (nSPS) is 22.6. The summed E-state index contributed by atoms with van der Waals surface area (Å²) < 4.78 is 111. The maximum absolute atomic E-state index is 12.4. The van der Waals surface area contributed by atoms with E-state index in [1.807, 2.05) is 0 Å². The third kappa shape index (κ3) is 2.99. The van der Waals surface area contributed by atoms with Crippen LogP contribution in [0.4, 0.5) is 39.5 Å². The van der Waals surface area contributed by atoms with Crippen molar-refractivity contribution in [3.63, 3.8) is 0 Å². The van der Waals surface area contributed by atoms with E-state index >= 15 is 0 Å². The topological polar surface area (TPSA) is 0 Å². The van der Waals surface area contributed by atoms with Crippen LogP contribution in [0.1, 0.15) is 6.42 Å². The molecule has 1 atom stereocenters. The Kier molecular flexibility index (Phi) is 3.48. The van der Waals surface area contributed by atoms with Crippen LogP contribution in [0.2, 0.25) is 0 Å². The molecule has 1 aliphatic rings. The summed E-state index contributed by atoms with van der Waals surface area (Å²) in [6.45, 7) is 0. The van der Waals surface area contributed by atoms with E-state index in [-0.39, 0.29) is 6.08 Å². The second-order valence-corrected chi connectivity index (χ2v) is 3.56. The van der Waals surface area contributed by atoms with Crippen LogP contribution in [-0.4, -0.2) is 18.5 Å². The van der Waals surface area contributed by atoms with Crippen molar-refractivity contribution in [1.82, 2.24) is 0 Å². The van der Waals surface area contributed by atoms with E-state index in [0.29, 0.717) is 6.08 Å². The standard InChI is InChI=1S/C9H5F9/c10-7(11,12)4-2-1-3-5(8(13,14)15)6(4)9(16,17)18/h1-2,5H,3H2. The van der Waals surface area contributed by atoms with Gasteiger partial charge in [-0.1, -0.05) is 12.2 Å². The van der Waals surface area contributed by atoms with E-state index in [4.69, 9.17) is 0 Å². The van der Waals surface area contributed by atoms with Crippen molar-refractivity contribution in [1.29, 1.82) is 0 Å². The van der Waals surface area contributed by atoms with Gasteiger partial charge in [-0.3, -0.25) is 0 Å². The minimum Gasteiger partial charge on any atom is -0.170 e. The van der Waals surface area contributed by atoms with E-state index in [2.05, 4.69) is 0 Å². The average Bonchev–Trinajstić information content (AvgIpc) is 2.12. The van der Waals surface area contributed by atoms with Crippen molar-refractivity contribution in [3.05, 3.63) is 23.3 Å². The van der Waals surface area contributed by atoms with E-state index in [0.717, 1.165) is 0 Å². The summed E-state index contributed by atoms with van der Waals surface area (Å²) in [7, 11) is 0. The fourth-order valence-electron chi connectivity index (χ4n) is 1.61. The van der Waals surface area contributed by atoms with Gasteiger partial charge in [0.1, 0.15) is 0 Å². The van der Waals surface area contributed by atoms with Gasteiger partial charge >= 0.3 is 18.5 Å². The molecule has 1 rings (SSSR count). The molecule has 1 aliphatic carbocycles. The second kappa shape index (κ2) is 4.20. The maximum Gasteiger partial charge on any atom is 0.416 e. The van der Waals surface area contributed by atoms with Gasteiger partial charge in [0.15, 0.2) is 0 Å². The van der Waals surface area contributed by atoms with Crippen molar-refractivity contribution in [2.75, 3.05) is 0 Å². The quantitative estimate of drug-likeness (QED) is 0.573. The Bertz CT molecular complexity index is 376. The summed E-state index contributed by atoms with van der Waals surface area (Å²) in [6.07, 6.45) is -17.2. The lowest BCUT2D eigenvalue weighted by Crippen LogP contribution is -2.36. The molecule has 0 amide bonds. The Morgan fingerprint density at radius 3 is 1.67 bits per heavy atom. The molecule has 9 heteroatoms. The molecular weight excluding hydrogens is 279 g/mol. The largest absolute Gasteiger partial charge is 0.416 e. The highest BCUT2D eigenvalue weighted by Crippen LogP contribution is 2.49. The first-order valence-corrected chi connectivity index (χ1v) is 4.47. The first-order chi connectivity index (χ1) is 7.85. The Morgan fingerprint density at radius 2 is 1.33 bits per heavy atom. The first-order valence-electron chi connectivity index (χ1n) is 4.47. The van der Waals surface area contributed by atoms with Crippen LogP contribution in [0.3, 0.4) is 0 Å². The summed E-state index contributed by atoms with van der Waals surface area (Å²) >= 11 is 0. The summed E-state index contributed by atoms with van der Waals surface area (Å²) in [4.78, 5) is 0. The molecule has 0 saturated heterocycles. The third-order valence-corrected chi connectivity index (χ3v) is 2.30. The summed E-state index contributed by atoms with van der Waals surface area (Å²) in [5, 5.41) is 0. The van der Waals surface area contributed by atoms with Crippen molar-refractivity contribution >= 4 is 0 Å². The van der Waals surface area contributed by atoms with Crippen LogP contribution in [0.25, 0.3) is 0 Å². The molecule has 0 N–H and O–H groups in total. The molecule has 0 radical (unpaired) electrons. The molecule has 0 spiro atoms. The zero-order chi connectivity index (χ0) is 14.4. The number of alkyl halides is 9. The SMILES string of the molecule is FC(F)(F)C1=C(C(F)(F)F)C(C(F)(F)F)CC=C1. The molecule has 1 unspecified atom stereocenters. The molecule has 0 saturated carbocycles. The van der Waals surface area contributed by atoms with Crippen LogP contribution in [0.5, 0.6) is 0 Å². The van der Waals surface area contributed by atoms with Crippen molar-refractivity contribution in [3.8, 4) is 0 Å². The Labute approximate surface area is 94.8 Å². The van der Waals surface area contributed by atoms with Crippen molar-refractivity contribution in [2.24, 2.45) is 5.92 Å². The van der Waals surface area contributed by atoms with Gasteiger partial charge in [-0.15, -0.1) is 0 Å². The van der Waals surface area contributed by atoms with Gasteiger partial charge in [0.2, 0.25) is 0 Å². The minimum absolute atomic E-state index is 0.0328. The van der Waals surface area contributed by atoms with Crippen LogP contribution in [-0.2, 0) is 0 Å². The van der Waals surface area contributed by atoms with Crippen molar-refractivity contribution in [2.45, 2.75) is 24.9 Å². The lowest BCUT2D eigenvalue weighted by atomic mass is 9.85. The van der Waals surface area contributed by atoms with E-state index < -0.39 is 42.0 Å². The number of hydrogen-bond acceptors (Lipinski definition) is 0. The van der Waals surface area contributed by atoms with Gasteiger partial charge in [0.25, 0.3) is 0 Å².